The lowest BCUT2D eigenvalue weighted by molar-refractivity contribution is -0.0790. The van der Waals surface area contributed by atoms with Crippen LogP contribution in [0.5, 0.6) is 0 Å². The van der Waals surface area contributed by atoms with Gasteiger partial charge in [-0.1, -0.05) is 57.6 Å². The molecule has 0 amide bonds. The molecule has 2 aliphatic carbocycles. The fourth-order valence-corrected chi connectivity index (χ4v) is 5.72. The van der Waals surface area contributed by atoms with Crippen LogP contribution in [0.2, 0.25) is 0 Å². The topological polar surface area (TPSA) is 0 Å². The van der Waals surface area contributed by atoms with Crippen molar-refractivity contribution in [1.82, 2.24) is 0 Å². The molecule has 0 radical (unpaired) electrons. The molecule has 0 nitrogen and oxygen atoms in total. The molecule has 0 atom stereocenters. The van der Waals surface area contributed by atoms with Crippen molar-refractivity contribution >= 4 is 6.08 Å². The molecule has 2 aliphatic rings. The predicted octanol–water partition coefficient (Wildman–Crippen LogP) is 8.75. The summed E-state index contributed by atoms with van der Waals surface area (Å²) in [5.74, 6) is 2.94. The third kappa shape index (κ3) is 7.13. The summed E-state index contributed by atoms with van der Waals surface area (Å²) in [6.45, 7) is 2.29. The first-order valence-electron chi connectivity index (χ1n) is 11.9. The van der Waals surface area contributed by atoms with Gasteiger partial charge in [0.1, 0.15) is 5.82 Å². The van der Waals surface area contributed by atoms with E-state index in [0.717, 1.165) is 42.2 Å². The van der Waals surface area contributed by atoms with Crippen LogP contribution in [0, 0.1) is 29.5 Å². The SMILES string of the molecule is CCCC1CCC(C2CCC(CCc3ccc(C=CC(F)(F)F)c(F)c3)CC2)CC1. The van der Waals surface area contributed by atoms with Crippen LogP contribution >= 0.6 is 0 Å². The van der Waals surface area contributed by atoms with E-state index in [1.54, 1.807) is 6.07 Å². The molecule has 168 valence electrons. The summed E-state index contributed by atoms with van der Waals surface area (Å²) in [6.07, 6.45) is 12.0. The molecule has 0 spiro atoms. The highest BCUT2D eigenvalue weighted by Gasteiger charge is 2.30. The number of halogens is 4. The van der Waals surface area contributed by atoms with Gasteiger partial charge in [-0.05, 0) is 79.9 Å². The van der Waals surface area contributed by atoms with Crippen LogP contribution in [0.15, 0.2) is 24.3 Å². The number of aryl methyl sites for hydroxylation is 1. The average Bonchev–Trinajstić information content (AvgIpc) is 2.72. The summed E-state index contributed by atoms with van der Waals surface area (Å²) in [5.41, 5.74) is 0.873. The standard InChI is InChI=1S/C26H36F4/c1-2-3-19-6-11-22(12-7-19)23-13-8-20(9-14-23)4-5-21-10-15-24(25(27)18-21)16-17-26(28,29)30/h10,15-20,22-23H,2-9,11-14H2,1H3. The average molecular weight is 425 g/mol. The van der Waals surface area contributed by atoms with E-state index in [-0.39, 0.29) is 11.6 Å². The minimum atomic E-state index is -4.42. The van der Waals surface area contributed by atoms with Crippen molar-refractivity contribution in [2.24, 2.45) is 23.7 Å². The summed E-state index contributed by atoms with van der Waals surface area (Å²) >= 11 is 0. The molecular weight excluding hydrogens is 388 g/mol. The number of allylic oxidation sites excluding steroid dienone is 1. The van der Waals surface area contributed by atoms with E-state index in [1.807, 2.05) is 0 Å². The lowest BCUT2D eigenvalue weighted by Crippen LogP contribution is -2.26. The van der Waals surface area contributed by atoms with Crippen LogP contribution < -0.4 is 0 Å². The molecule has 0 heterocycles. The second-order valence-electron chi connectivity index (χ2n) is 9.62. The lowest BCUT2D eigenvalue weighted by atomic mass is 9.68. The molecule has 0 N–H and O–H groups in total. The molecular formula is C26H36F4. The first-order chi connectivity index (χ1) is 14.3. The maximum Gasteiger partial charge on any atom is 0.409 e. The minimum Gasteiger partial charge on any atom is -0.206 e. The van der Waals surface area contributed by atoms with Crippen LogP contribution in [-0.2, 0) is 6.42 Å². The van der Waals surface area contributed by atoms with Crippen molar-refractivity contribution in [3.63, 3.8) is 0 Å². The molecule has 0 unspecified atom stereocenters. The van der Waals surface area contributed by atoms with Crippen LogP contribution in [0.4, 0.5) is 17.6 Å². The first-order valence-corrected chi connectivity index (χ1v) is 11.9. The third-order valence-corrected chi connectivity index (χ3v) is 7.50. The zero-order valence-electron chi connectivity index (χ0n) is 18.2. The van der Waals surface area contributed by atoms with Crippen molar-refractivity contribution in [2.45, 2.75) is 90.1 Å². The van der Waals surface area contributed by atoms with Crippen molar-refractivity contribution in [2.75, 3.05) is 0 Å². The monoisotopic (exact) mass is 424 g/mol. The summed E-state index contributed by atoms with van der Waals surface area (Å²) in [4.78, 5) is 0. The Morgan fingerprint density at radius 1 is 0.867 bits per heavy atom. The third-order valence-electron chi connectivity index (χ3n) is 7.50. The molecule has 0 aromatic heterocycles. The van der Waals surface area contributed by atoms with Gasteiger partial charge in [-0.3, -0.25) is 0 Å². The molecule has 4 heteroatoms. The molecule has 30 heavy (non-hydrogen) atoms. The van der Waals surface area contributed by atoms with Crippen LogP contribution in [0.3, 0.4) is 0 Å². The fourth-order valence-electron chi connectivity index (χ4n) is 5.72. The molecule has 2 saturated carbocycles. The number of rotatable bonds is 7. The maximum atomic E-state index is 14.1. The highest BCUT2D eigenvalue weighted by molar-refractivity contribution is 5.51. The van der Waals surface area contributed by atoms with Crippen molar-refractivity contribution in [3.05, 3.63) is 41.2 Å². The minimum absolute atomic E-state index is 0.00904. The lowest BCUT2D eigenvalue weighted by Gasteiger charge is -2.38. The highest BCUT2D eigenvalue weighted by Crippen LogP contribution is 2.43. The van der Waals surface area contributed by atoms with Gasteiger partial charge in [-0.25, -0.2) is 4.39 Å². The van der Waals surface area contributed by atoms with E-state index in [1.165, 1.54) is 76.3 Å². The zero-order chi connectivity index (χ0) is 21.6. The molecule has 1 aromatic rings. The van der Waals surface area contributed by atoms with Gasteiger partial charge in [-0.2, -0.15) is 13.2 Å². The van der Waals surface area contributed by atoms with Crippen LogP contribution in [0.25, 0.3) is 6.08 Å². The second kappa shape index (κ2) is 10.8. The van der Waals surface area contributed by atoms with Crippen molar-refractivity contribution in [3.8, 4) is 0 Å². The molecule has 0 saturated heterocycles. The summed E-state index contributed by atoms with van der Waals surface area (Å²) in [6, 6.07) is 4.62. The van der Waals surface area contributed by atoms with E-state index in [4.69, 9.17) is 0 Å². The van der Waals surface area contributed by atoms with E-state index >= 15 is 0 Å². The van der Waals surface area contributed by atoms with E-state index in [9.17, 15) is 17.6 Å². The predicted molar refractivity (Wildman–Crippen MR) is 116 cm³/mol. The largest absolute Gasteiger partial charge is 0.409 e. The molecule has 1 aromatic carbocycles. The number of hydrogen-bond acceptors (Lipinski definition) is 0. The molecule has 0 aliphatic heterocycles. The van der Waals surface area contributed by atoms with Crippen molar-refractivity contribution < 1.29 is 17.6 Å². The molecule has 2 fully saturated rings. The van der Waals surface area contributed by atoms with Gasteiger partial charge in [0.2, 0.25) is 0 Å². The fraction of sp³-hybridized carbons (Fsp3) is 0.692. The van der Waals surface area contributed by atoms with Gasteiger partial charge in [-0.15, -0.1) is 0 Å². The Hall–Kier alpha value is -1.32. The molecule has 3 rings (SSSR count). The molecule has 0 bridgehead atoms. The Balaban J connectivity index is 1.41. The van der Waals surface area contributed by atoms with Crippen molar-refractivity contribution in [1.29, 1.82) is 0 Å². The smallest absolute Gasteiger partial charge is 0.206 e. The number of benzene rings is 1. The Morgan fingerprint density at radius 2 is 1.43 bits per heavy atom. The first kappa shape index (κ1) is 23.3. The van der Waals surface area contributed by atoms with Gasteiger partial charge in [0.15, 0.2) is 0 Å². The van der Waals surface area contributed by atoms with Gasteiger partial charge in [0.05, 0.1) is 0 Å². The number of hydrogen-bond donors (Lipinski definition) is 0. The van der Waals surface area contributed by atoms with Gasteiger partial charge < -0.3 is 0 Å². The Kier molecular flexibility index (Phi) is 8.42. The quantitative estimate of drug-likeness (QED) is 0.384. The Bertz CT molecular complexity index is 675. The zero-order valence-corrected chi connectivity index (χ0v) is 18.2. The summed E-state index contributed by atoms with van der Waals surface area (Å²) in [7, 11) is 0. The van der Waals surface area contributed by atoms with Gasteiger partial charge >= 0.3 is 6.18 Å². The van der Waals surface area contributed by atoms with Gasteiger partial charge in [0.25, 0.3) is 0 Å². The normalized spacial score (nSPS) is 28.2. The van der Waals surface area contributed by atoms with E-state index < -0.39 is 12.0 Å². The van der Waals surface area contributed by atoms with Crippen LogP contribution in [-0.4, -0.2) is 6.18 Å². The van der Waals surface area contributed by atoms with E-state index in [0.29, 0.717) is 5.92 Å². The number of alkyl halides is 3. The summed E-state index contributed by atoms with van der Waals surface area (Å²) < 4.78 is 50.9. The summed E-state index contributed by atoms with van der Waals surface area (Å²) in [5, 5.41) is 0. The Labute approximate surface area is 179 Å². The maximum absolute atomic E-state index is 14.1. The van der Waals surface area contributed by atoms with Gasteiger partial charge in [0, 0.05) is 11.6 Å². The second-order valence-corrected chi connectivity index (χ2v) is 9.62. The highest BCUT2D eigenvalue weighted by atomic mass is 19.4. The van der Waals surface area contributed by atoms with E-state index in [2.05, 4.69) is 6.92 Å². The van der Waals surface area contributed by atoms with Crippen LogP contribution in [0.1, 0.15) is 88.7 Å². The Morgan fingerprint density at radius 3 is 1.93 bits per heavy atom.